The van der Waals surface area contributed by atoms with E-state index in [-0.39, 0.29) is 11.2 Å². The second-order valence-electron chi connectivity index (χ2n) is 4.99. The molecule has 0 saturated heterocycles. The van der Waals surface area contributed by atoms with Crippen molar-refractivity contribution >= 4 is 11.6 Å². The van der Waals surface area contributed by atoms with Gasteiger partial charge in [0.05, 0.1) is 11.8 Å². The van der Waals surface area contributed by atoms with Crippen LogP contribution < -0.4 is 5.32 Å². The molecule has 1 aliphatic rings. The Morgan fingerprint density at radius 3 is 2.93 bits per heavy atom. The van der Waals surface area contributed by atoms with Gasteiger partial charge in [0, 0.05) is 18.5 Å². The second kappa shape index (κ2) is 3.36. The SMILES string of the molecule is CC(C)(C)C(=O)c1cnn2c1NCCC2. The Balaban J connectivity index is 2.37. The van der Waals surface area contributed by atoms with E-state index in [0.29, 0.717) is 0 Å². The van der Waals surface area contributed by atoms with E-state index < -0.39 is 0 Å². The molecule has 2 heterocycles. The van der Waals surface area contributed by atoms with Gasteiger partial charge in [-0.3, -0.25) is 4.79 Å². The van der Waals surface area contributed by atoms with Crippen LogP contribution in [0.4, 0.5) is 5.82 Å². The molecule has 1 aliphatic heterocycles. The number of nitrogens with zero attached hydrogens (tertiary/aromatic N) is 2. The lowest BCUT2D eigenvalue weighted by molar-refractivity contribution is 0.0859. The van der Waals surface area contributed by atoms with E-state index >= 15 is 0 Å². The van der Waals surface area contributed by atoms with Crippen molar-refractivity contribution in [1.29, 1.82) is 0 Å². The van der Waals surface area contributed by atoms with Gasteiger partial charge in [-0.25, -0.2) is 4.68 Å². The molecular weight excluding hydrogens is 190 g/mol. The van der Waals surface area contributed by atoms with E-state index in [1.165, 1.54) is 0 Å². The zero-order chi connectivity index (χ0) is 11.1. The summed E-state index contributed by atoms with van der Waals surface area (Å²) >= 11 is 0. The Bertz CT molecular complexity index is 387. The first-order chi connectivity index (χ1) is 7.00. The highest BCUT2D eigenvalue weighted by molar-refractivity contribution is 6.03. The first kappa shape index (κ1) is 10.2. The molecule has 0 aromatic carbocycles. The summed E-state index contributed by atoms with van der Waals surface area (Å²) in [5.41, 5.74) is 0.380. The lowest BCUT2D eigenvalue weighted by Crippen LogP contribution is -2.24. The Morgan fingerprint density at radius 2 is 2.27 bits per heavy atom. The largest absolute Gasteiger partial charge is 0.370 e. The van der Waals surface area contributed by atoms with E-state index in [2.05, 4.69) is 10.4 Å². The highest BCUT2D eigenvalue weighted by atomic mass is 16.1. The highest BCUT2D eigenvalue weighted by Gasteiger charge is 2.28. The third-order valence-corrected chi connectivity index (χ3v) is 2.60. The standard InChI is InChI=1S/C11H17N3O/c1-11(2,3)9(15)8-7-13-14-6-4-5-12-10(8)14/h7,12H,4-6H2,1-3H3. The number of ketones is 1. The van der Waals surface area contributed by atoms with Crippen molar-refractivity contribution < 1.29 is 4.79 Å². The lowest BCUT2D eigenvalue weighted by Gasteiger charge is -2.20. The number of aromatic nitrogens is 2. The predicted octanol–water partition coefficient (Wildman–Crippen LogP) is 1.93. The Hall–Kier alpha value is -1.32. The summed E-state index contributed by atoms with van der Waals surface area (Å²) < 4.78 is 1.88. The average Bonchev–Trinajstić information content (AvgIpc) is 2.58. The number of hydrogen-bond donors (Lipinski definition) is 1. The molecule has 0 fully saturated rings. The van der Waals surface area contributed by atoms with Gasteiger partial charge in [-0.15, -0.1) is 0 Å². The van der Waals surface area contributed by atoms with Crippen molar-refractivity contribution in [3.8, 4) is 0 Å². The normalized spacial score (nSPS) is 15.7. The summed E-state index contributed by atoms with van der Waals surface area (Å²) in [5.74, 6) is 1.04. The maximum atomic E-state index is 12.1. The zero-order valence-corrected chi connectivity index (χ0v) is 9.50. The third-order valence-electron chi connectivity index (χ3n) is 2.60. The minimum atomic E-state index is -0.344. The molecule has 15 heavy (non-hydrogen) atoms. The molecule has 0 bridgehead atoms. The van der Waals surface area contributed by atoms with Crippen molar-refractivity contribution in [2.24, 2.45) is 5.41 Å². The molecule has 0 aliphatic carbocycles. The van der Waals surface area contributed by atoms with Crippen LogP contribution in [0.1, 0.15) is 37.6 Å². The van der Waals surface area contributed by atoms with E-state index in [4.69, 9.17) is 0 Å². The fraction of sp³-hybridized carbons (Fsp3) is 0.636. The maximum absolute atomic E-state index is 12.1. The molecule has 82 valence electrons. The fourth-order valence-corrected chi connectivity index (χ4v) is 1.75. The minimum Gasteiger partial charge on any atom is -0.370 e. The van der Waals surface area contributed by atoms with Gasteiger partial charge in [-0.1, -0.05) is 20.8 Å². The van der Waals surface area contributed by atoms with Crippen LogP contribution in [0.25, 0.3) is 0 Å². The molecular formula is C11H17N3O. The van der Waals surface area contributed by atoms with E-state index in [9.17, 15) is 4.79 Å². The summed E-state index contributed by atoms with van der Waals surface area (Å²) in [6.07, 6.45) is 2.75. The van der Waals surface area contributed by atoms with Gasteiger partial charge in [-0.05, 0) is 6.42 Å². The number of anilines is 1. The smallest absolute Gasteiger partial charge is 0.173 e. The Kier molecular flexibility index (Phi) is 2.29. The number of aryl methyl sites for hydroxylation is 1. The zero-order valence-electron chi connectivity index (χ0n) is 9.50. The summed E-state index contributed by atoms with van der Waals surface area (Å²) in [5, 5.41) is 7.47. The average molecular weight is 207 g/mol. The van der Waals surface area contributed by atoms with E-state index in [0.717, 1.165) is 30.9 Å². The van der Waals surface area contributed by atoms with Gasteiger partial charge < -0.3 is 5.32 Å². The molecule has 1 aromatic heterocycles. The molecule has 1 aromatic rings. The monoisotopic (exact) mass is 207 g/mol. The predicted molar refractivity (Wildman–Crippen MR) is 59.1 cm³/mol. The molecule has 0 saturated carbocycles. The van der Waals surface area contributed by atoms with Gasteiger partial charge in [0.1, 0.15) is 5.82 Å². The molecule has 0 spiro atoms. The number of carbonyl (C=O) groups excluding carboxylic acids is 1. The third kappa shape index (κ3) is 1.76. The van der Waals surface area contributed by atoms with Crippen LogP contribution in [0.2, 0.25) is 0 Å². The van der Waals surface area contributed by atoms with E-state index in [1.54, 1.807) is 6.20 Å². The Labute approximate surface area is 89.7 Å². The van der Waals surface area contributed by atoms with Crippen LogP contribution in [-0.2, 0) is 6.54 Å². The molecule has 1 N–H and O–H groups in total. The number of nitrogens with one attached hydrogen (secondary N) is 1. The first-order valence-corrected chi connectivity index (χ1v) is 5.34. The van der Waals surface area contributed by atoms with Crippen molar-refractivity contribution in [3.63, 3.8) is 0 Å². The minimum absolute atomic E-state index is 0.151. The van der Waals surface area contributed by atoms with Crippen molar-refractivity contribution in [3.05, 3.63) is 11.8 Å². The van der Waals surface area contributed by atoms with Crippen molar-refractivity contribution in [2.45, 2.75) is 33.7 Å². The van der Waals surface area contributed by atoms with Gasteiger partial charge in [0.2, 0.25) is 0 Å². The lowest BCUT2D eigenvalue weighted by atomic mass is 9.87. The number of fused-ring (bicyclic) bond motifs is 1. The maximum Gasteiger partial charge on any atom is 0.173 e. The number of carbonyl (C=O) groups is 1. The van der Waals surface area contributed by atoms with Crippen LogP contribution in [-0.4, -0.2) is 22.1 Å². The van der Waals surface area contributed by atoms with Gasteiger partial charge in [0.25, 0.3) is 0 Å². The quantitative estimate of drug-likeness (QED) is 0.716. The summed E-state index contributed by atoms with van der Waals surface area (Å²) in [4.78, 5) is 12.1. The fourth-order valence-electron chi connectivity index (χ4n) is 1.75. The van der Waals surface area contributed by atoms with Gasteiger partial charge in [-0.2, -0.15) is 5.10 Å². The van der Waals surface area contributed by atoms with Gasteiger partial charge >= 0.3 is 0 Å². The van der Waals surface area contributed by atoms with Crippen LogP contribution in [0.5, 0.6) is 0 Å². The first-order valence-electron chi connectivity index (χ1n) is 5.34. The summed E-state index contributed by atoms with van der Waals surface area (Å²) in [6.45, 7) is 7.63. The molecule has 2 rings (SSSR count). The van der Waals surface area contributed by atoms with Crippen LogP contribution in [0, 0.1) is 5.41 Å². The van der Waals surface area contributed by atoms with Crippen LogP contribution in [0.15, 0.2) is 6.20 Å². The Morgan fingerprint density at radius 1 is 1.53 bits per heavy atom. The molecule has 4 nitrogen and oxygen atoms in total. The molecule has 0 unspecified atom stereocenters. The number of Topliss-reactive ketones (excluding diaryl/α,β-unsaturated/α-hetero) is 1. The number of rotatable bonds is 1. The topological polar surface area (TPSA) is 46.9 Å². The van der Waals surface area contributed by atoms with Crippen molar-refractivity contribution in [2.75, 3.05) is 11.9 Å². The van der Waals surface area contributed by atoms with Crippen LogP contribution >= 0.6 is 0 Å². The summed E-state index contributed by atoms with van der Waals surface area (Å²) in [6, 6.07) is 0. The van der Waals surface area contributed by atoms with Crippen molar-refractivity contribution in [1.82, 2.24) is 9.78 Å². The summed E-state index contributed by atoms with van der Waals surface area (Å²) in [7, 11) is 0. The molecule has 4 heteroatoms. The number of hydrogen-bond acceptors (Lipinski definition) is 3. The molecule has 0 radical (unpaired) electrons. The second-order valence-corrected chi connectivity index (χ2v) is 4.99. The van der Waals surface area contributed by atoms with Crippen LogP contribution in [0.3, 0.4) is 0 Å². The highest BCUT2D eigenvalue weighted by Crippen LogP contribution is 2.27. The molecule has 0 atom stereocenters. The molecule has 0 amide bonds. The van der Waals surface area contributed by atoms with Gasteiger partial charge in [0.15, 0.2) is 5.78 Å². The van der Waals surface area contributed by atoms with E-state index in [1.807, 2.05) is 25.5 Å².